The predicted molar refractivity (Wildman–Crippen MR) is 39.4 cm³/mol. The van der Waals surface area contributed by atoms with Crippen molar-refractivity contribution in [2.24, 2.45) is 0 Å². The molecule has 1 spiro atoms. The molecule has 0 aromatic carbocycles. The van der Waals surface area contributed by atoms with E-state index in [1.54, 1.807) is 0 Å². The molecule has 0 aliphatic carbocycles. The number of hydrogen-bond acceptors (Lipinski definition) is 3. The van der Waals surface area contributed by atoms with Gasteiger partial charge in [-0.05, 0) is 6.42 Å². The Hall–Kier alpha value is -0.120. The monoisotopic (exact) mass is 158 g/mol. The molecule has 3 heteroatoms. The summed E-state index contributed by atoms with van der Waals surface area (Å²) >= 11 is 0. The van der Waals surface area contributed by atoms with Gasteiger partial charge in [0.25, 0.3) is 0 Å². The molecular formula is C8H14O3. The highest BCUT2D eigenvalue weighted by Crippen LogP contribution is 2.32. The van der Waals surface area contributed by atoms with E-state index < -0.39 is 0 Å². The number of rotatable bonds is 0. The van der Waals surface area contributed by atoms with Crippen LogP contribution in [0.3, 0.4) is 0 Å². The van der Waals surface area contributed by atoms with Crippen LogP contribution in [0.2, 0.25) is 0 Å². The summed E-state index contributed by atoms with van der Waals surface area (Å²) in [5.41, 5.74) is -0.127. The molecular weight excluding hydrogens is 144 g/mol. The third-order valence-corrected chi connectivity index (χ3v) is 2.53. The fraction of sp³-hybridized carbons (Fsp3) is 1.00. The van der Waals surface area contributed by atoms with Crippen molar-refractivity contribution in [3.05, 3.63) is 0 Å². The van der Waals surface area contributed by atoms with Gasteiger partial charge in [0.2, 0.25) is 0 Å². The molecule has 0 aromatic heterocycles. The van der Waals surface area contributed by atoms with Crippen molar-refractivity contribution in [3.63, 3.8) is 0 Å². The summed E-state index contributed by atoms with van der Waals surface area (Å²) in [6.45, 7) is 2.14. The van der Waals surface area contributed by atoms with Gasteiger partial charge in [-0.15, -0.1) is 0 Å². The zero-order valence-corrected chi connectivity index (χ0v) is 6.58. The quantitative estimate of drug-likeness (QED) is 0.551. The van der Waals surface area contributed by atoms with Crippen LogP contribution in [-0.4, -0.2) is 36.6 Å². The molecule has 0 radical (unpaired) electrons. The van der Waals surface area contributed by atoms with E-state index in [1.165, 1.54) is 0 Å². The van der Waals surface area contributed by atoms with E-state index in [0.29, 0.717) is 13.2 Å². The predicted octanol–water partition coefficient (Wildman–Crippen LogP) is 0.317. The molecule has 11 heavy (non-hydrogen) atoms. The Bertz CT molecular complexity index is 140. The van der Waals surface area contributed by atoms with Crippen molar-refractivity contribution >= 4 is 0 Å². The van der Waals surface area contributed by atoms with Gasteiger partial charge in [0.05, 0.1) is 18.3 Å². The van der Waals surface area contributed by atoms with Crippen molar-refractivity contribution in [1.29, 1.82) is 0 Å². The van der Waals surface area contributed by atoms with Crippen LogP contribution in [0.4, 0.5) is 0 Å². The first-order valence-corrected chi connectivity index (χ1v) is 4.21. The Kier molecular flexibility index (Phi) is 1.87. The summed E-state index contributed by atoms with van der Waals surface area (Å²) < 4.78 is 10.9. The highest BCUT2D eigenvalue weighted by molar-refractivity contribution is 4.90. The molecule has 2 fully saturated rings. The van der Waals surface area contributed by atoms with Crippen LogP contribution in [0.1, 0.15) is 19.3 Å². The van der Waals surface area contributed by atoms with Gasteiger partial charge < -0.3 is 14.6 Å². The third-order valence-electron chi connectivity index (χ3n) is 2.53. The topological polar surface area (TPSA) is 38.7 Å². The minimum atomic E-state index is -0.176. The Balaban J connectivity index is 2.00. The number of aliphatic hydroxyl groups is 1. The van der Waals surface area contributed by atoms with Crippen molar-refractivity contribution in [2.45, 2.75) is 31.0 Å². The standard InChI is InChI=1S/C8H14O3/c9-7-1-3-11-8(5-7)2-4-10-6-8/h7,9H,1-6H2. The van der Waals surface area contributed by atoms with E-state index in [0.717, 1.165) is 25.9 Å². The van der Waals surface area contributed by atoms with Gasteiger partial charge in [-0.3, -0.25) is 0 Å². The van der Waals surface area contributed by atoms with E-state index >= 15 is 0 Å². The lowest BCUT2D eigenvalue weighted by Gasteiger charge is -2.34. The summed E-state index contributed by atoms with van der Waals surface area (Å²) in [4.78, 5) is 0. The van der Waals surface area contributed by atoms with Crippen LogP contribution in [0.15, 0.2) is 0 Å². The van der Waals surface area contributed by atoms with Gasteiger partial charge in [-0.1, -0.05) is 0 Å². The van der Waals surface area contributed by atoms with Crippen molar-refractivity contribution in [3.8, 4) is 0 Å². The summed E-state index contributed by atoms with van der Waals surface area (Å²) in [5.74, 6) is 0. The van der Waals surface area contributed by atoms with Crippen LogP contribution in [0.25, 0.3) is 0 Å². The first-order chi connectivity index (χ1) is 5.31. The van der Waals surface area contributed by atoms with E-state index in [2.05, 4.69) is 0 Å². The Morgan fingerprint density at radius 3 is 2.91 bits per heavy atom. The first kappa shape index (κ1) is 7.53. The zero-order valence-electron chi connectivity index (χ0n) is 6.58. The van der Waals surface area contributed by atoms with Gasteiger partial charge in [0.15, 0.2) is 0 Å². The molecule has 2 saturated heterocycles. The Morgan fingerprint density at radius 2 is 2.27 bits per heavy atom. The maximum absolute atomic E-state index is 9.40. The lowest BCUT2D eigenvalue weighted by atomic mass is 9.91. The normalized spacial score (nSPS) is 45.0. The van der Waals surface area contributed by atoms with E-state index in [4.69, 9.17) is 9.47 Å². The van der Waals surface area contributed by atoms with Crippen molar-refractivity contribution in [1.82, 2.24) is 0 Å². The van der Waals surface area contributed by atoms with Gasteiger partial charge in [0, 0.05) is 26.1 Å². The number of aliphatic hydroxyl groups excluding tert-OH is 1. The molecule has 0 bridgehead atoms. The maximum atomic E-state index is 9.40. The number of ether oxygens (including phenoxy) is 2. The molecule has 0 amide bonds. The molecule has 2 aliphatic heterocycles. The van der Waals surface area contributed by atoms with Gasteiger partial charge in [-0.2, -0.15) is 0 Å². The van der Waals surface area contributed by atoms with E-state index in [-0.39, 0.29) is 11.7 Å². The Morgan fingerprint density at radius 1 is 1.36 bits per heavy atom. The van der Waals surface area contributed by atoms with Gasteiger partial charge in [0.1, 0.15) is 0 Å². The SMILES string of the molecule is OC1CCOC2(CCOC2)C1. The van der Waals surface area contributed by atoms with E-state index in [1.807, 2.05) is 0 Å². The Labute approximate surface area is 66.3 Å². The second-order valence-corrected chi connectivity index (χ2v) is 3.48. The summed E-state index contributed by atoms with van der Waals surface area (Å²) in [6.07, 6.45) is 2.31. The first-order valence-electron chi connectivity index (χ1n) is 4.21. The second-order valence-electron chi connectivity index (χ2n) is 3.48. The molecule has 2 rings (SSSR count). The molecule has 3 nitrogen and oxygen atoms in total. The lowest BCUT2D eigenvalue weighted by molar-refractivity contribution is -0.117. The smallest absolute Gasteiger partial charge is 0.0961 e. The summed E-state index contributed by atoms with van der Waals surface area (Å²) in [5, 5.41) is 9.40. The lowest BCUT2D eigenvalue weighted by Crippen LogP contribution is -2.42. The van der Waals surface area contributed by atoms with Crippen LogP contribution >= 0.6 is 0 Å². The fourth-order valence-electron chi connectivity index (χ4n) is 1.87. The molecule has 1 N–H and O–H groups in total. The average molecular weight is 158 g/mol. The highest BCUT2D eigenvalue weighted by atomic mass is 16.6. The maximum Gasteiger partial charge on any atom is 0.0961 e. The van der Waals surface area contributed by atoms with Crippen molar-refractivity contribution < 1.29 is 14.6 Å². The van der Waals surface area contributed by atoms with Crippen LogP contribution in [-0.2, 0) is 9.47 Å². The fourth-order valence-corrected chi connectivity index (χ4v) is 1.87. The van der Waals surface area contributed by atoms with Crippen LogP contribution in [0.5, 0.6) is 0 Å². The minimum Gasteiger partial charge on any atom is -0.393 e. The average Bonchev–Trinajstić information content (AvgIpc) is 2.37. The van der Waals surface area contributed by atoms with Gasteiger partial charge >= 0.3 is 0 Å². The summed E-state index contributed by atoms with van der Waals surface area (Å²) in [6, 6.07) is 0. The summed E-state index contributed by atoms with van der Waals surface area (Å²) in [7, 11) is 0. The molecule has 64 valence electrons. The van der Waals surface area contributed by atoms with E-state index in [9.17, 15) is 5.11 Å². The molecule has 2 unspecified atom stereocenters. The zero-order chi connectivity index (χ0) is 7.73. The molecule has 0 saturated carbocycles. The third kappa shape index (κ3) is 1.41. The van der Waals surface area contributed by atoms with Crippen LogP contribution in [0, 0.1) is 0 Å². The van der Waals surface area contributed by atoms with Gasteiger partial charge in [-0.25, -0.2) is 0 Å². The minimum absolute atomic E-state index is 0.127. The van der Waals surface area contributed by atoms with Crippen molar-refractivity contribution in [2.75, 3.05) is 19.8 Å². The molecule has 2 aliphatic rings. The second kappa shape index (κ2) is 2.73. The molecule has 2 atom stereocenters. The number of hydrogen-bond donors (Lipinski definition) is 1. The highest BCUT2D eigenvalue weighted by Gasteiger charge is 2.40. The molecule has 2 heterocycles. The van der Waals surface area contributed by atoms with Crippen LogP contribution < -0.4 is 0 Å². The molecule has 0 aromatic rings. The largest absolute Gasteiger partial charge is 0.393 e.